The first-order chi connectivity index (χ1) is 10.5. The van der Waals surface area contributed by atoms with Crippen molar-refractivity contribution in [3.8, 4) is 0 Å². The summed E-state index contributed by atoms with van der Waals surface area (Å²) in [5, 5.41) is 0.760. The molecule has 0 aliphatic carbocycles. The fraction of sp³-hybridized carbons (Fsp3) is 0.118. The highest BCUT2D eigenvalue weighted by Crippen LogP contribution is 2.25. The Morgan fingerprint density at radius 1 is 1.05 bits per heavy atom. The van der Waals surface area contributed by atoms with E-state index in [2.05, 4.69) is 31.9 Å². The average Bonchev–Trinajstić information content (AvgIpc) is 2.47. The fourth-order valence-corrected chi connectivity index (χ4v) is 3.18. The standard InChI is InChI=1S/C17H12Br2FNO/c1-10-6-17(22)21(16-5-3-12(20)8-13(10)16)9-11-2-4-14(18)15(19)7-11/h2-8H,9H2,1H3. The largest absolute Gasteiger partial charge is 0.304 e. The van der Waals surface area contributed by atoms with Crippen LogP contribution in [0.15, 0.2) is 56.2 Å². The highest BCUT2D eigenvalue weighted by atomic mass is 79.9. The van der Waals surface area contributed by atoms with Gasteiger partial charge < -0.3 is 4.57 Å². The molecule has 2 nitrogen and oxygen atoms in total. The van der Waals surface area contributed by atoms with Gasteiger partial charge in [-0.1, -0.05) is 6.07 Å². The zero-order valence-electron chi connectivity index (χ0n) is 11.7. The van der Waals surface area contributed by atoms with Gasteiger partial charge in [0.15, 0.2) is 0 Å². The van der Waals surface area contributed by atoms with Crippen molar-refractivity contribution in [2.75, 3.05) is 0 Å². The molecule has 0 radical (unpaired) electrons. The lowest BCUT2D eigenvalue weighted by atomic mass is 10.1. The van der Waals surface area contributed by atoms with Gasteiger partial charge in [0.1, 0.15) is 5.82 Å². The smallest absolute Gasteiger partial charge is 0.251 e. The van der Waals surface area contributed by atoms with Crippen molar-refractivity contribution in [1.82, 2.24) is 4.57 Å². The molecule has 2 aromatic carbocycles. The van der Waals surface area contributed by atoms with Gasteiger partial charge >= 0.3 is 0 Å². The zero-order chi connectivity index (χ0) is 15.9. The van der Waals surface area contributed by atoms with Gasteiger partial charge in [-0.05, 0) is 80.2 Å². The third-order valence-corrected chi connectivity index (χ3v) is 5.48. The van der Waals surface area contributed by atoms with Crippen LogP contribution in [0.3, 0.4) is 0 Å². The molecule has 0 saturated heterocycles. The molecule has 0 atom stereocenters. The molecule has 1 heterocycles. The van der Waals surface area contributed by atoms with Crippen molar-refractivity contribution in [2.45, 2.75) is 13.5 Å². The Morgan fingerprint density at radius 2 is 1.82 bits per heavy atom. The van der Waals surface area contributed by atoms with E-state index in [0.717, 1.165) is 31.0 Å². The van der Waals surface area contributed by atoms with E-state index in [-0.39, 0.29) is 11.4 Å². The molecular formula is C17H12Br2FNO. The minimum atomic E-state index is -0.299. The van der Waals surface area contributed by atoms with E-state index in [4.69, 9.17) is 0 Å². The van der Waals surface area contributed by atoms with Gasteiger partial charge in [-0.3, -0.25) is 4.79 Å². The second kappa shape index (κ2) is 5.97. The average molecular weight is 425 g/mol. The minimum Gasteiger partial charge on any atom is -0.304 e. The van der Waals surface area contributed by atoms with Gasteiger partial charge in [0, 0.05) is 20.4 Å². The SMILES string of the molecule is Cc1cc(=O)n(Cc2ccc(Br)c(Br)c2)c2ccc(F)cc12. The highest BCUT2D eigenvalue weighted by molar-refractivity contribution is 9.13. The van der Waals surface area contributed by atoms with E-state index in [1.807, 2.05) is 25.1 Å². The van der Waals surface area contributed by atoms with Crippen LogP contribution in [-0.4, -0.2) is 4.57 Å². The molecule has 0 aliphatic rings. The van der Waals surface area contributed by atoms with Crippen LogP contribution in [0.5, 0.6) is 0 Å². The van der Waals surface area contributed by atoms with Crippen LogP contribution in [0.1, 0.15) is 11.1 Å². The molecule has 0 amide bonds. The van der Waals surface area contributed by atoms with E-state index < -0.39 is 0 Å². The number of halogens is 3. The zero-order valence-corrected chi connectivity index (χ0v) is 14.9. The Hall–Kier alpha value is -1.46. The van der Waals surface area contributed by atoms with Crippen LogP contribution in [0.4, 0.5) is 4.39 Å². The first-order valence-corrected chi connectivity index (χ1v) is 8.28. The van der Waals surface area contributed by atoms with Crippen LogP contribution in [0, 0.1) is 12.7 Å². The number of aromatic nitrogens is 1. The van der Waals surface area contributed by atoms with E-state index in [1.165, 1.54) is 12.1 Å². The van der Waals surface area contributed by atoms with Crippen molar-refractivity contribution in [3.63, 3.8) is 0 Å². The number of hydrogen-bond acceptors (Lipinski definition) is 1. The predicted molar refractivity (Wildman–Crippen MR) is 93.8 cm³/mol. The maximum absolute atomic E-state index is 13.5. The number of fused-ring (bicyclic) bond motifs is 1. The Kier molecular flexibility index (Phi) is 4.19. The van der Waals surface area contributed by atoms with Crippen LogP contribution < -0.4 is 5.56 Å². The maximum atomic E-state index is 13.5. The number of rotatable bonds is 2. The summed E-state index contributed by atoms with van der Waals surface area (Å²) in [6.07, 6.45) is 0. The molecule has 0 unspecified atom stereocenters. The molecule has 0 bridgehead atoms. The van der Waals surface area contributed by atoms with E-state index >= 15 is 0 Å². The van der Waals surface area contributed by atoms with Gasteiger partial charge in [-0.15, -0.1) is 0 Å². The second-order valence-electron chi connectivity index (χ2n) is 5.16. The maximum Gasteiger partial charge on any atom is 0.251 e. The summed E-state index contributed by atoms with van der Waals surface area (Å²) in [5.41, 5.74) is 2.43. The number of benzene rings is 2. The topological polar surface area (TPSA) is 22.0 Å². The summed E-state index contributed by atoms with van der Waals surface area (Å²) in [4.78, 5) is 12.3. The molecule has 112 valence electrons. The van der Waals surface area contributed by atoms with Gasteiger partial charge in [0.25, 0.3) is 5.56 Å². The van der Waals surface area contributed by atoms with Gasteiger partial charge in [-0.2, -0.15) is 0 Å². The fourth-order valence-electron chi connectivity index (χ4n) is 2.50. The lowest BCUT2D eigenvalue weighted by Gasteiger charge is -2.13. The number of aryl methyl sites for hydroxylation is 1. The Balaban J connectivity index is 2.18. The normalized spacial score (nSPS) is 11.1. The molecule has 0 fully saturated rings. The summed E-state index contributed by atoms with van der Waals surface area (Å²) in [6.45, 7) is 2.26. The Bertz CT molecular complexity index is 934. The Labute approximate surface area is 143 Å². The summed E-state index contributed by atoms with van der Waals surface area (Å²) >= 11 is 6.89. The number of pyridine rings is 1. The van der Waals surface area contributed by atoms with E-state index in [9.17, 15) is 9.18 Å². The van der Waals surface area contributed by atoms with Gasteiger partial charge in [0.05, 0.1) is 12.1 Å². The van der Waals surface area contributed by atoms with Gasteiger partial charge in [0.2, 0.25) is 0 Å². The van der Waals surface area contributed by atoms with E-state index in [0.29, 0.717) is 6.54 Å². The lowest BCUT2D eigenvalue weighted by molar-refractivity contribution is 0.629. The van der Waals surface area contributed by atoms with Crippen molar-refractivity contribution in [3.05, 3.63) is 78.7 Å². The monoisotopic (exact) mass is 423 g/mol. The second-order valence-corrected chi connectivity index (χ2v) is 6.87. The van der Waals surface area contributed by atoms with Crippen LogP contribution in [0.2, 0.25) is 0 Å². The quantitative estimate of drug-likeness (QED) is 0.565. The third kappa shape index (κ3) is 2.88. The third-order valence-electron chi connectivity index (χ3n) is 3.60. The molecule has 22 heavy (non-hydrogen) atoms. The molecule has 5 heteroatoms. The molecule has 1 aromatic heterocycles. The van der Waals surface area contributed by atoms with Crippen molar-refractivity contribution < 1.29 is 4.39 Å². The Morgan fingerprint density at radius 3 is 2.55 bits per heavy atom. The molecular weight excluding hydrogens is 413 g/mol. The van der Waals surface area contributed by atoms with Crippen molar-refractivity contribution in [1.29, 1.82) is 0 Å². The molecule has 3 rings (SSSR count). The summed E-state index contributed by atoms with van der Waals surface area (Å²) in [7, 11) is 0. The molecule has 3 aromatic rings. The number of hydrogen-bond donors (Lipinski definition) is 0. The lowest BCUT2D eigenvalue weighted by Crippen LogP contribution is -2.21. The summed E-state index contributed by atoms with van der Waals surface area (Å²) in [6, 6.07) is 11.9. The summed E-state index contributed by atoms with van der Waals surface area (Å²) in [5.74, 6) is -0.299. The van der Waals surface area contributed by atoms with Crippen LogP contribution >= 0.6 is 31.9 Å². The van der Waals surface area contributed by atoms with Crippen LogP contribution in [-0.2, 0) is 6.54 Å². The minimum absolute atomic E-state index is 0.0874. The molecule has 0 spiro atoms. The molecule has 0 aliphatic heterocycles. The molecule has 0 saturated carbocycles. The summed E-state index contributed by atoms with van der Waals surface area (Å²) < 4.78 is 17.0. The first kappa shape index (κ1) is 15.4. The van der Waals surface area contributed by atoms with Crippen LogP contribution in [0.25, 0.3) is 10.9 Å². The molecule has 0 N–H and O–H groups in total. The first-order valence-electron chi connectivity index (χ1n) is 6.69. The number of nitrogens with zero attached hydrogens (tertiary/aromatic N) is 1. The predicted octanol–water partition coefficient (Wildman–Crippen LogP) is 5.02. The van der Waals surface area contributed by atoms with Crippen molar-refractivity contribution >= 4 is 42.8 Å². The van der Waals surface area contributed by atoms with Gasteiger partial charge in [-0.25, -0.2) is 4.39 Å². The van der Waals surface area contributed by atoms with Crippen molar-refractivity contribution in [2.24, 2.45) is 0 Å². The highest BCUT2D eigenvalue weighted by Gasteiger charge is 2.09. The van der Waals surface area contributed by atoms with E-state index in [1.54, 1.807) is 16.7 Å².